The SMILES string of the molecule is CC(=O)NC[C@H]1CN(c2ccc(N3C[C@H]4CN(S(C)(=O)=O)[C@H]4C3)c(F)c2)C(=O)O1. The molecule has 0 spiro atoms. The van der Waals surface area contributed by atoms with Gasteiger partial charge in [0.05, 0.1) is 30.7 Å². The summed E-state index contributed by atoms with van der Waals surface area (Å²) in [5.74, 6) is -0.497. The van der Waals surface area contributed by atoms with E-state index in [2.05, 4.69) is 5.32 Å². The number of nitrogens with zero attached hydrogens (tertiary/aromatic N) is 3. The molecule has 0 aromatic heterocycles. The van der Waals surface area contributed by atoms with Gasteiger partial charge in [0, 0.05) is 38.5 Å². The van der Waals surface area contributed by atoms with E-state index in [0.29, 0.717) is 31.0 Å². The topological polar surface area (TPSA) is 99.3 Å². The molecule has 3 saturated heterocycles. The van der Waals surface area contributed by atoms with Gasteiger partial charge in [0.2, 0.25) is 15.9 Å². The highest BCUT2D eigenvalue weighted by Gasteiger charge is 2.49. The van der Waals surface area contributed by atoms with Crippen LogP contribution in [0.1, 0.15) is 6.92 Å². The molecule has 1 aromatic rings. The molecule has 3 aliphatic heterocycles. The van der Waals surface area contributed by atoms with E-state index < -0.39 is 28.0 Å². The maximum Gasteiger partial charge on any atom is 0.414 e. The molecule has 2 amide bonds. The van der Waals surface area contributed by atoms with Crippen LogP contribution in [0.4, 0.5) is 20.6 Å². The number of rotatable bonds is 5. The second kappa shape index (κ2) is 7.13. The van der Waals surface area contributed by atoms with Crippen LogP contribution in [0.5, 0.6) is 0 Å². The summed E-state index contributed by atoms with van der Waals surface area (Å²) in [6, 6.07) is 4.42. The summed E-state index contributed by atoms with van der Waals surface area (Å²) < 4.78 is 45.0. The molecule has 11 heteroatoms. The van der Waals surface area contributed by atoms with E-state index in [1.54, 1.807) is 12.1 Å². The molecule has 3 heterocycles. The zero-order valence-electron chi connectivity index (χ0n) is 16.2. The number of sulfonamides is 1. The van der Waals surface area contributed by atoms with Crippen molar-refractivity contribution in [2.75, 3.05) is 48.8 Å². The minimum absolute atomic E-state index is 0.118. The molecule has 9 nitrogen and oxygen atoms in total. The number of fused-ring (bicyclic) bond motifs is 1. The average molecular weight is 426 g/mol. The fraction of sp³-hybridized carbons (Fsp3) is 0.556. The van der Waals surface area contributed by atoms with Gasteiger partial charge in [0.25, 0.3) is 0 Å². The second-order valence-electron chi connectivity index (χ2n) is 7.75. The van der Waals surface area contributed by atoms with Crippen molar-refractivity contribution in [2.45, 2.75) is 19.1 Å². The van der Waals surface area contributed by atoms with Crippen molar-refractivity contribution in [3.63, 3.8) is 0 Å². The van der Waals surface area contributed by atoms with Gasteiger partial charge in [-0.25, -0.2) is 17.6 Å². The Bertz CT molecular complexity index is 956. The molecule has 3 aliphatic rings. The Morgan fingerprint density at radius 1 is 1.28 bits per heavy atom. The third-order valence-electron chi connectivity index (χ3n) is 5.65. The smallest absolute Gasteiger partial charge is 0.414 e. The third kappa shape index (κ3) is 3.76. The minimum atomic E-state index is -3.25. The standard InChI is InChI=1S/C18H23FN4O5S/c1-11(24)20-6-14-9-22(18(25)28-14)13-3-4-16(15(19)5-13)21-7-12-8-23(17(12)10-21)29(2,26)27/h3-5,12,14,17H,6-10H2,1-2H3,(H,20,24)/t12-,14-,17-/m0/s1. The van der Waals surface area contributed by atoms with Gasteiger partial charge in [-0.15, -0.1) is 0 Å². The number of halogens is 1. The zero-order chi connectivity index (χ0) is 20.9. The molecule has 4 rings (SSSR count). The molecular formula is C18H23FN4O5S. The fourth-order valence-corrected chi connectivity index (χ4v) is 5.38. The number of carbonyl (C=O) groups excluding carboxylic acids is 2. The molecule has 0 unspecified atom stereocenters. The van der Waals surface area contributed by atoms with E-state index in [1.165, 1.54) is 28.5 Å². The fourth-order valence-electron chi connectivity index (χ4n) is 4.18. The van der Waals surface area contributed by atoms with Crippen LogP contribution in [0, 0.1) is 11.7 Å². The Kier molecular flexibility index (Phi) is 4.89. The largest absolute Gasteiger partial charge is 0.442 e. The van der Waals surface area contributed by atoms with Crippen LogP contribution in [0.2, 0.25) is 0 Å². The number of amides is 2. The van der Waals surface area contributed by atoms with Crippen molar-refractivity contribution in [1.29, 1.82) is 0 Å². The number of hydrogen-bond donors (Lipinski definition) is 1. The Labute approximate surface area is 168 Å². The number of anilines is 2. The lowest BCUT2D eigenvalue weighted by Crippen LogP contribution is -2.57. The Morgan fingerprint density at radius 3 is 2.69 bits per heavy atom. The molecule has 3 fully saturated rings. The highest BCUT2D eigenvalue weighted by atomic mass is 32.2. The molecule has 0 saturated carbocycles. The molecule has 158 valence electrons. The summed E-state index contributed by atoms with van der Waals surface area (Å²) in [7, 11) is -3.25. The molecule has 0 radical (unpaired) electrons. The second-order valence-corrected chi connectivity index (χ2v) is 9.69. The van der Waals surface area contributed by atoms with Gasteiger partial charge in [-0.2, -0.15) is 4.31 Å². The lowest BCUT2D eigenvalue weighted by molar-refractivity contribution is -0.119. The van der Waals surface area contributed by atoms with Crippen molar-refractivity contribution < 1.29 is 27.1 Å². The first-order valence-electron chi connectivity index (χ1n) is 9.37. The summed E-state index contributed by atoms with van der Waals surface area (Å²) in [5.41, 5.74) is 0.764. The van der Waals surface area contributed by atoms with Crippen LogP contribution >= 0.6 is 0 Å². The summed E-state index contributed by atoms with van der Waals surface area (Å²) in [4.78, 5) is 26.3. The van der Waals surface area contributed by atoms with Crippen LogP contribution in [-0.4, -0.2) is 75.8 Å². The van der Waals surface area contributed by atoms with Gasteiger partial charge >= 0.3 is 6.09 Å². The van der Waals surface area contributed by atoms with E-state index in [4.69, 9.17) is 4.74 Å². The first-order chi connectivity index (χ1) is 13.6. The molecule has 1 N–H and O–H groups in total. The van der Waals surface area contributed by atoms with E-state index in [9.17, 15) is 22.4 Å². The van der Waals surface area contributed by atoms with Crippen LogP contribution in [0.15, 0.2) is 18.2 Å². The highest BCUT2D eigenvalue weighted by Crippen LogP contribution is 2.38. The number of nitrogens with one attached hydrogen (secondary N) is 1. The number of cyclic esters (lactones) is 1. The van der Waals surface area contributed by atoms with Crippen molar-refractivity contribution >= 4 is 33.4 Å². The monoisotopic (exact) mass is 426 g/mol. The van der Waals surface area contributed by atoms with Gasteiger partial charge in [-0.3, -0.25) is 9.69 Å². The maximum absolute atomic E-state index is 14.8. The van der Waals surface area contributed by atoms with Crippen molar-refractivity contribution in [3.05, 3.63) is 24.0 Å². The quantitative estimate of drug-likeness (QED) is 0.730. The number of benzene rings is 1. The molecule has 29 heavy (non-hydrogen) atoms. The highest BCUT2D eigenvalue weighted by molar-refractivity contribution is 7.88. The van der Waals surface area contributed by atoms with Gasteiger partial charge in [0.15, 0.2) is 0 Å². The number of hydrogen-bond acceptors (Lipinski definition) is 6. The van der Waals surface area contributed by atoms with Crippen LogP contribution < -0.4 is 15.1 Å². The Morgan fingerprint density at radius 2 is 2.03 bits per heavy atom. The van der Waals surface area contributed by atoms with E-state index in [-0.39, 0.29) is 31.0 Å². The zero-order valence-corrected chi connectivity index (χ0v) is 17.0. The molecule has 0 bridgehead atoms. The van der Waals surface area contributed by atoms with Gasteiger partial charge < -0.3 is 15.0 Å². The minimum Gasteiger partial charge on any atom is -0.442 e. The van der Waals surface area contributed by atoms with E-state index in [1.807, 2.05) is 4.90 Å². The molecule has 0 aliphatic carbocycles. The molecule has 1 aromatic carbocycles. The molecule has 3 atom stereocenters. The summed E-state index contributed by atoms with van der Waals surface area (Å²) >= 11 is 0. The van der Waals surface area contributed by atoms with Crippen molar-refractivity contribution in [2.24, 2.45) is 5.92 Å². The predicted octanol–water partition coefficient (Wildman–Crippen LogP) is 0.367. The molecular weight excluding hydrogens is 403 g/mol. The lowest BCUT2D eigenvalue weighted by atomic mass is 9.96. The number of carbonyl (C=O) groups is 2. The van der Waals surface area contributed by atoms with Gasteiger partial charge in [-0.1, -0.05) is 0 Å². The summed E-state index contributed by atoms with van der Waals surface area (Å²) in [6.45, 7) is 3.30. The third-order valence-corrected chi connectivity index (χ3v) is 6.93. The average Bonchev–Trinajstić information content (AvgIpc) is 3.12. The first-order valence-corrected chi connectivity index (χ1v) is 11.2. The van der Waals surface area contributed by atoms with Crippen molar-refractivity contribution in [3.8, 4) is 0 Å². The Hall–Kier alpha value is -2.40. The first kappa shape index (κ1) is 19.9. The van der Waals surface area contributed by atoms with E-state index >= 15 is 0 Å². The van der Waals surface area contributed by atoms with E-state index in [0.717, 1.165) is 0 Å². The van der Waals surface area contributed by atoms with Gasteiger partial charge in [-0.05, 0) is 18.2 Å². The number of ether oxygens (including phenoxy) is 1. The normalized spacial score (nSPS) is 26.9. The van der Waals surface area contributed by atoms with Crippen molar-refractivity contribution in [1.82, 2.24) is 9.62 Å². The van der Waals surface area contributed by atoms with Crippen LogP contribution in [0.25, 0.3) is 0 Å². The Balaban J connectivity index is 1.44. The predicted molar refractivity (Wildman–Crippen MR) is 104 cm³/mol. The summed E-state index contributed by atoms with van der Waals surface area (Å²) in [5, 5.41) is 2.60. The van der Waals surface area contributed by atoms with Crippen LogP contribution in [0.3, 0.4) is 0 Å². The summed E-state index contributed by atoms with van der Waals surface area (Å²) in [6.07, 6.45) is 0.108. The lowest BCUT2D eigenvalue weighted by Gasteiger charge is -2.40. The van der Waals surface area contributed by atoms with Gasteiger partial charge in [0.1, 0.15) is 11.9 Å². The maximum atomic E-state index is 14.8. The van der Waals surface area contributed by atoms with Crippen LogP contribution in [-0.2, 0) is 19.6 Å².